The fourth-order valence-electron chi connectivity index (χ4n) is 1.87. The molecule has 2 N–H and O–H groups in total. The van der Waals surface area contributed by atoms with Gasteiger partial charge in [0, 0.05) is 16.1 Å². The summed E-state index contributed by atoms with van der Waals surface area (Å²) < 4.78 is 5.78. The number of amides is 3. The monoisotopic (exact) mass is 368 g/mol. The molecule has 1 heterocycles. The molecule has 2 rings (SSSR count). The van der Waals surface area contributed by atoms with E-state index in [-0.39, 0.29) is 10.9 Å². The van der Waals surface area contributed by atoms with Crippen molar-refractivity contribution < 1.29 is 19.1 Å². The number of hydrogen-bond donors (Lipinski definition) is 2. The molecule has 0 unspecified atom stereocenters. The van der Waals surface area contributed by atoms with Gasteiger partial charge in [-0.1, -0.05) is 36.7 Å². The predicted octanol–water partition coefficient (Wildman–Crippen LogP) is 3.34. The number of carbonyl (C=O) groups is 3. The number of halogens is 1. The molecule has 0 saturated heterocycles. The van der Waals surface area contributed by atoms with Gasteiger partial charge in [-0.2, -0.15) is 0 Å². The molecule has 2 aromatic rings. The number of rotatable bonds is 5. The average molecular weight is 369 g/mol. The highest BCUT2D eigenvalue weighted by Crippen LogP contribution is 2.35. The van der Waals surface area contributed by atoms with E-state index in [1.165, 1.54) is 11.3 Å². The number of thiophene rings is 1. The van der Waals surface area contributed by atoms with Crippen molar-refractivity contribution in [1.82, 2.24) is 10.6 Å². The van der Waals surface area contributed by atoms with Crippen LogP contribution in [-0.2, 0) is 9.53 Å². The average Bonchev–Trinajstić information content (AvgIpc) is 2.89. The van der Waals surface area contributed by atoms with E-state index in [1.807, 2.05) is 32.0 Å². The van der Waals surface area contributed by atoms with Crippen LogP contribution in [0.3, 0.4) is 0 Å². The fourth-order valence-corrected chi connectivity index (χ4v) is 3.27. The van der Waals surface area contributed by atoms with Crippen molar-refractivity contribution in [3.63, 3.8) is 0 Å². The standard InChI is InChI=1S/C16H17ClN2O4S/c1-3-9(2)18-16(22)19-12(20)8-23-15(21)14-13(17)10-6-4-5-7-11(10)24-14/h4-7,9H,3,8H2,1-2H3,(H2,18,19,20,22)/t9-/m1/s1. The molecule has 0 fully saturated rings. The van der Waals surface area contributed by atoms with Crippen LogP contribution in [0.4, 0.5) is 4.79 Å². The number of hydrogen-bond acceptors (Lipinski definition) is 5. The predicted molar refractivity (Wildman–Crippen MR) is 93.5 cm³/mol. The van der Waals surface area contributed by atoms with Crippen molar-refractivity contribution in [2.75, 3.05) is 6.61 Å². The second-order valence-corrected chi connectivity index (χ2v) is 6.58. The Balaban J connectivity index is 1.91. The molecule has 24 heavy (non-hydrogen) atoms. The summed E-state index contributed by atoms with van der Waals surface area (Å²) in [7, 11) is 0. The van der Waals surface area contributed by atoms with E-state index in [0.717, 1.165) is 16.5 Å². The van der Waals surface area contributed by atoms with Crippen LogP contribution < -0.4 is 10.6 Å². The van der Waals surface area contributed by atoms with Gasteiger partial charge in [-0.3, -0.25) is 10.1 Å². The Bertz CT molecular complexity index is 775. The van der Waals surface area contributed by atoms with Crippen molar-refractivity contribution in [1.29, 1.82) is 0 Å². The Morgan fingerprint density at radius 1 is 1.29 bits per heavy atom. The van der Waals surface area contributed by atoms with E-state index in [2.05, 4.69) is 10.6 Å². The van der Waals surface area contributed by atoms with Gasteiger partial charge in [0.05, 0.1) is 5.02 Å². The smallest absolute Gasteiger partial charge is 0.350 e. The minimum Gasteiger partial charge on any atom is -0.451 e. The first-order valence-electron chi connectivity index (χ1n) is 7.36. The third kappa shape index (κ3) is 4.46. The Kier molecular flexibility index (Phi) is 6.16. The van der Waals surface area contributed by atoms with Crippen LogP contribution in [0.5, 0.6) is 0 Å². The number of carbonyl (C=O) groups excluding carboxylic acids is 3. The lowest BCUT2D eigenvalue weighted by molar-refractivity contribution is -0.123. The molecule has 0 bridgehead atoms. The highest BCUT2D eigenvalue weighted by Gasteiger charge is 2.19. The summed E-state index contributed by atoms with van der Waals surface area (Å²) in [6.45, 7) is 3.16. The second-order valence-electron chi connectivity index (χ2n) is 5.15. The largest absolute Gasteiger partial charge is 0.451 e. The highest BCUT2D eigenvalue weighted by atomic mass is 35.5. The van der Waals surface area contributed by atoms with Gasteiger partial charge in [0.15, 0.2) is 6.61 Å². The van der Waals surface area contributed by atoms with Gasteiger partial charge in [0.2, 0.25) is 0 Å². The van der Waals surface area contributed by atoms with Crippen LogP contribution in [0.25, 0.3) is 10.1 Å². The van der Waals surface area contributed by atoms with Crippen molar-refractivity contribution in [2.24, 2.45) is 0 Å². The van der Waals surface area contributed by atoms with E-state index >= 15 is 0 Å². The van der Waals surface area contributed by atoms with Gasteiger partial charge in [-0.15, -0.1) is 11.3 Å². The van der Waals surface area contributed by atoms with Crippen LogP contribution in [0, 0.1) is 0 Å². The Morgan fingerprint density at radius 2 is 2.00 bits per heavy atom. The van der Waals surface area contributed by atoms with Crippen molar-refractivity contribution >= 4 is 50.9 Å². The van der Waals surface area contributed by atoms with Gasteiger partial charge in [-0.25, -0.2) is 9.59 Å². The van der Waals surface area contributed by atoms with E-state index in [0.29, 0.717) is 5.02 Å². The second kappa shape index (κ2) is 8.12. The molecule has 128 valence electrons. The van der Waals surface area contributed by atoms with Crippen molar-refractivity contribution in [2.45, 2.75) is 26.3 Å². The minimum atomic E-state index is -0.707. The molecule has 0 radical (unpaired) electrons. The minimum absolute atomic E-state index is 0.0577. The summed E-state index contributed by atoms with van der Waals surface area (Å²) in [6.07, 6.45) is 0.737. The van der Waals surface area contributed by atoms with E-state index in [4.69, 9.17) is 16.3 Å². The molecule has 0 aliphatic rings. The maximum absolute atomic E-state index is 12.1. The van der Waals surface area contributed by atoms with Crippen LogP contribution in [-0.4, -0.2) is 30.6 Å². The molecule has 3 amide bonds. The number of benzene rings is 1. The van der Waals surface area contributed by atoms with E-state index < -0.39 is 24.5 Å². The Morgan fingerprint density at radius 3 is 2.67 bits per heavy atom. The molecule has 1 aromatic carbocycles. The maximum atomic E-state index is 12.1. The highest BCUT2D eigenvalue weighted by molar-refractivity contribution is 7.21. The first kappa shape index (κ1) is 18.2. The van der Waals surface area contributed by atoms with Crippen molar-refractivity contribution in [3.05, 3.63) is 34.2 Å². The van der Waals surface area contributed by atoms with Crippen LogP contribution in [0.2, 0.25) is 5.02 Å². The summed E-state index contributed by atoms with van der Waals surface area (Å²) in [6, 6.07) is 6.63. The molecular weight excluding hydrogens is 352 g/mol. The normalized spacial score (nSPS) is 11.8. The first-order chi connectivity index (χ1) is 11.4. The van der Waals surface area contributed by atoms with Crippen LogP contribution >= 0.6 is 22.9 Å². The molecular formula is C16H17ClN2O4S. The summed E-state index contributed by atoms with van der Waals surface area (Å²) >= 11 is 7.36. The van der Waals surface area contributed by atoms with E-state index in [9.17, 15) is 14.4 Å². The number of nitrogens with one attached hydrogen (secondary N) is 2. The summed E-state index contributed by atoms with van der Waals surface area (Å²) in [5.41, 5.74) is 0. The molecule has 0 aliphatic heterocycles. The molecule has 0 saturated carbocycles. The summed E-state index contributed by atoms with van der Waals surface area (Å²) in [5, 5.41) is 5.73. The van der Waals surface area contributed by atoms with Gasteiger partial charge >= 0.3 is 12.0 Å². The lowest BCUT2D eigenvalue weighted by Crippen LogP contribution is -2.44. The number of urea groups is 1. The van der Waals surface area contributed by atoms with Crippen molar-refractivity contribution in [3.8, 4) is 0 Å². The quantitative estimate of drug-likeness (QED) is 0.793. The number of ether oxygens (including phenoxy) is 1. The lowest BCUT2D eigenvalue weighted by atomic mass is 10.2. The van der Waals surface area contributed by atoms with Crippen LogP contribution in [0.1, 0.15) is 29.9 Å². The summed E-state index contributed by atoms with van der Waals surface area (Å²) in [4.78, 5) is 35.4. The third-order valence-corrected chi connectivity index (χ3v) is 4.95. The third-order valence-electron chi connectivity index (χ3n) is 3.30. The molecule has 0 spiro atoms. The number of fused-ring (bicyclic) bond motifs is 1. The van der Waals surface area contributed by atoms with Gasteiger partial charge in [0.25, 0.3) is 5.91 Å². The topological polar surface area (TPSA) is 84.5 Å². The molecule has 1 atom stereocenters. The SMILES string of the molecule is CC[C@@H](C)NC(=O)NC(=O)COC(=O)c1sc2ccccc2c1Cl. The summed E-state index contributed by atoms with van der Waals surface area (Å²) in [5.74, 6) is -1.40. The number of imide groups is 1. The lowest BCUT2D eigenvalue weighted by Gasteiger charge is -2.11. The first-order valence-corrected chi connectivity index (χ1v) is 8.56. The zero-order chi connectivity index (χ0) is 17.7. The fraction of sp³-hybridized carbons (Fsp3) is 0.312. The Labute approximate surface area is 148 Å². The molecule has 6 nitrogen and oxygen atoms in total. The Hall–Kier alpha value is -2.12. The van der Waals surface area contributed by atoms with Gasteiger partial charge in [0.1, 0.15) is 4.88 Å². The number of esters is 1. The maximum Gasteiger partial charge on any atom is 0.350 e. The molecule has 8 heteroatoms. The van der Waals surface area contributed by atoms with E-state index in [1.54, 1.807) is 6.07 Å². The van der Waals surface area contributed by atoms with Gasteiger partial charge < -0.3 is 10.1 Å². The van der Waals surface area contributed by atoms with Crippen LogP contribution in [0.15, 0.2) is 24.3 Å². The van der Waals surface area contributed by atoms with Gasteiger partial charge in [-0.05, 0) is 19.4 Å². The zero-order valence-electron chi connectivity index (χ0n) is 13.2. The zero-order valence-corrected chi connectivity index (χ0v) is 14.8. The molecule has 0 aliphatic carbocycles. The molecule has 1 aromatic heterocycles.